The smallest absolute Gasteiger partial charge is 0.300 e. The van der Waals surface area contributed by atoms with Gasteiger partial charge in [0.2, 0.25) is 5.95 Å². The highest BCUT2D eigenvalue weighted by Gasteiger charge is 2.12. The SMILES string of the molecule is CC(=O)O.Cc1ccc(O)c(Cn2c(N)nc3ccc(CNc4ccccc4C)cc32)n1. The van der Waals surface area contributed by atoms with E-state index in [2.05, 4.69) is 40.4 Å². The Labute approximate surface area is 186 Å². The van der Waals surface area contributed by atoms with E-state index in [4.69, 9.17) is 15.6 Å². The van der Waals surface area contributed by atoms with Gasteiger partial charge in [-0.15, -0.1) is 0 Å². The van der Waals surface area contributed by atoms with Gasteiger partial charge in [-0.1, -0.05) is 24.3 Å². The average Bonchev–Trinajstić information content (AvgIpc) is 3.04. The molecule has 166 valence electrons. The molecule has 0 aliphatic rings. The summed E-state index contributed by atoms with van der Waals surface area (Å²) in [5.74, 6) is -0.272. The van der Waals surface area contributed by atoms with E-state index < -0.39 is 5.97 Å². The van der Waals surface area contributed by atoms with Crippen molar-refractivity contribution < 1.29 is 15.0 Å². The highest BCUT2D eigenvalue weighted by molar-refractivity contribution is 5.79. The van der Waals surface area contributed by atoms with Crippen LogP contribution in [0.2, 0.25) is 0 Å². The van der Waals surface area contributed by atoms with Crippen LogP contribution in [0.15, 0.2) is 54.6 Å². The van der Waals surface area contributed by atoms with E-state index in [1.165, 1.54) is 5.56 Å². The maximum Gasteiger partial charge on any atom is 0.300 e. The quantitative estimate of drug-likeness (QED) is 0.373. The second-order valence-corrected chi connectivity index (χ2v) is 7.49. The summed E-state index contributed by atoms with van der Waals surface area (Å²) in [6.45, 7) is 6.13. The Morgan fingerprint density at radius 3 is 2.53 bits per heavy atom. The second-order valence-electron chi connectivity index (χ2n) is 7.49. The lowest BCUT2D eigenvalue weighted by atomic mass is 10.1. The first kappa shape index (κ1) is 22.6. The van der Waals surface area contributed by atoms with Crippen LogP contribution in [0.4, 0.5) is 11.6 Å². The van der Waals surface area contributed by atoms with Crippen molar-refractivity contribution in [2.24, 2.45) is 0 Å². The van der Waals surface area contributed by atoms with E-state index in [-0.39, 0.29) is 5.75 Å². The van der Waals surface area contributed by atoms with Crippen LogP contribution in [0, 0.1) is 13.8 Å². The number of hydrogen-bond acceptors (Lipinski definition) is 6. The number of carboxylic acids is 1. The summed E-state index contributed by atoms with van der Waals surface area (Å²) in [6, 6.07) is 17.8. The highest BCUT2D eigenvalue weighted by Crippen LogP contribution is 2.24. The van der Waals surface area contributed by atoms with Crippen LogP contribution in [0.1, 0.15) is 29.4 Å². The van der Waals surface area contributed by atoms with Gasteiger partial charge in [0.25, 0.3) is 5.97 Å². The summed E-state index contributed by atoms with van der Waals surface area (Å²) < 4.78 is 1.88. The van der Waals surface area contributed by atoms with Crippen LogP contribution in [0.25, 0.3) is 11.0 Å². The molecule has 0 unspecified atom stereocenters. The Bertz CT molecular complexity index is 1250. The molecule has 2 heterocycles. The van der Waals surface area contributed by atoms with Gasteiger partial charge in [0.1, 0.15) is 11.4 Å². The maximum atomic E-state index is 10.1. The number of nitrogens with two attached hydrogens (primary N) is 1. The molecule has 0 atom stereocenters. The molecule has 8 heteroatoms. The van der Waals surface area contributed by atoms with Crippen LogP contribution in [0.3, 0.4) is 0 Å². The number of nitrogens with zero attached hydrogens (tertiary/aromatic N) is 3. The average molecular weight is 434 g/mol. The lowest BCUT2D eigenvalue weighted by molar-refractivity contribution is -0.134. The summed E-state index contributed by atoms with van der Waals surface area (Å²) in [7, 11) is 0. The number of para-hydroxylation sites is 1. The molecule has 0 aliphatic carbocycles. The van der Waals surface area contributed by atoms with Gasteiger partial charge < -0.3 is 25.8 Å². The standard InChI is InChI=1S/C22H23N5O.C2H4O2/c1-14-5-3-4-6-17(14)24-12-16-8-9-18-20(11-16)27(22(23)26-18)13-19-21(28)10-7-15(2)25-19;1-2(3)4/h3-11,24,28H,12-13H2,1-2H3,(H2,23,26);1H3,(H,3,4). The number of benzene rings is 2. The second kappa shape index (κ2) is 9.82. The molecular weight excluding hydrogens is 406 g/mol. The third kappa shape index (κ3) is 5.54. The number of pyridine rings is 1. The van der Waals surface area contributed by atoms with E-state index >= 15 is 0 Å². The van der Waals surface area contributed by atoms with Crippen LogP contribution in [-0.2, 0) is 17.9 Å². The lowest BCUT2D eigenvalue weighted by Crippen LogP contribution is -2.07. The Morgan fingerprint density at radius 1 is 1.09 bits per heavy atom. The van der Waals surface area contributed by atoms with E-state index in [9.17, 15) is 5.11 Å². The van der Waals surface area contributed by atoms with Crippen molar-refractivity contribution in [3.63, 3.8) is 0 Å². The largest absolute Gasteiger partial charge is 0.506 e. The predicted octanol–water partition coefficient (Wildman–Crippen LogP) is 4.09. The van der Waals surface area contributed by atoms with E-state index in [1.807, 2.05) is 35.8 Å². The molecule has 0 fully saturated rings. The number of hydrogen-bond donors (Lipinski definition) is 4. The normalized spacial score (nSPS) is 10.5. The molecule has 0 amide bonds. The molecule has 5 N–H and O–H groups in total. The highest BCUT2D eigenvalue weighted by atomic mass is 16.4. The van der Waals surface area contributed by atoms with Gasteiger partial charge in [-0.3, -0.25) is 9.78 Å². The Morgan fingerprint density at radius 2 is 1.81 bits per heavy atom. The number of imidazole rings is 1. The first-order valence-corrected chi connectivity index (χ1v) is 10.1. The molecule has 2 aromatic carbocycles. The summed E-state index contributed by atoms with van der Waals surface area (Å²) >= 11 is 0. The zero-order chi connectivity index (χ0) is 23.3. The molecule has 4 rings (SSSR count). The molecule has 4 aromatic rings. The van der Waals surface area contributed by atoms with Gasteiger partial charge in [-0.05, 0) is 55.3 Å². The number of nitrogens with one attached hydrogen (secondary N) is 1. The zero-order valence-corrected chi connectivity index (χ0v) is 18.3. The summed E-state index contributed by atoms with van der Waals surface area (Å²) in [6.07, 6.45) is 0. The van der Waals surface area contributed by atoms with Crippen molar-refractivity contribution in [1.29, 1.82) is 0 Å². The van der Waals surface area contributed by atoms with Crippen LogP contribution in [0.5, 0.6) is 5.75 Å². The van der Waals surface area contributed by atoms with Gasteiger partial charge in [0.05, 0.1) is 17.6 Å². The molecular formula is C24H27N5O3. The number of aromatic hydroxyl groups is 1. The molecule has 0 bridgehead atoms. The van der Waals surface area contributed by atoms with Crippen LogP contribution >= 0.6 is 0 Å². The number of aromatic nitrogens is 3. The number of nitrogen functional groups attached to an aromatic ring is 1. The predicted molar refractivity (Wildman–Crippen MR) is 126 cm³/mol. The van der Waals surface area contributed by atoms with Crippen molar-refractivity contribution in [2.45, 2.75) is 33.9 Å². The molecule has 0 radical (unpaired) electrons. The van der Waals surface area contributed by atoms with Gasteiger partial charge in [-0.25, -0.2) is 4.98 Å². The van der Waals surface area contributed by atoms with Crippen molar-refractivity contribution in [2.75, 3.05) is 11.1 Å². The minimum atomic E-state index is -0.833. The number of anilines is 2. The number of aryl methyl sites for hydroxylation is 2. The number of carboxylic acid groups (broad SMARTS) is 1. The Hall–Kier alpha value is -4.07. The first-order chi connectivity index (χ1) is 15.2. The molecule has 8 nitrogen and oxygen atoms in total. The van der Waals surface area contributed by atoms with Crippen molar-refractivity contribution >= 4 is 28.6 Å². The molecule has 32 heavy (non-hydrogen) atoms. The Kier molecular flexibility index (Phi) is 6.94. The van der Waals surface area contributed by atoms with Gasteiger partial charge in [0, 0.05) is 24.8 Å². The molecule has 0 aliphatic heterocycles. The summed E-state index contributed by atoms with van der Waals surface area (Å²) in [5, 5.41) is 21.0. The third-order valence-electron chi connectivity index (χ3n) is 4.87. The topological polar surface area (TPSA) is 126 Å². The fourth-order valence-corrected chi connectivity index (χ4v) is 3.30. The minimum absolute atomic E-state index is 0.157. The third-order valence-corrected chi connectivity index (χ3v) is 4.87. The Balaban J connectivity index is 0.000000668. The molecule has 2 aromatic heterocycles. The fraction of sp³-hybridized carbons (Fsp3) is 0.208. The molecule has 0 saturated heterocycles. The van der Waals surface area contributed by atoms with E-state index in [1.54, 1.807) is 12.1 Å². The van der Waals surface area contributed by atoms with Crippen LogP contribution < -0.4 is 11.1 Å². The summed E-state index contributed by atoms with van der Waals surface area (Å²) in [4.78, 5) is 17.9. The number of carbonyl (C=O) groups is 1. The van der Waals surface area contributed by atoms with Crippen molar-refractivity contribution in [1.82, 2.24) is 14.5 Å². The fourth-order valence-electron chi connectivity index (χ4n) is 3.30. The van der Waals surface area contributed by atoms with Crippen molar-refractivity contribution in [3.8, 4) is 5.75 Å². The number of rotatable bonds is 5. The summed E-state index contributed by atoms with van der Waals surface area (Å²) in [5.41, 5.74) is 12.8. The number of aliphatic carboxylic acids is 1. The van der Waals surface area contributed by atoms with E-state index in [0.717, 1.165) is 34.9 Å². The first-order valence-electron chi connectivity index (χ1n) is 10.1. The van der Waals surface area contributed by atoms with E-state index in [0.29, 0.717) is 24.7 Å². The van der Waals surface area contributed by atoms with Gasteiger partial charge >= 0.3 is 0 Å². The zero-order valence-electron chi connectivity index (χ0n) is 18.3. The molecule has 0 spiro atoms. The van der Waals surface area contributed by atoms with Gasteiger partial charge in [0.15, 0.2) is 0 Å². The lowest BCUT2D eigenvalue weighted by Gasteiger charge is -2.11. The van der Waals surface area contributed by atoms with Crippen LogP contribution in [-0.4, -0.2) is 30.7 Å². The monoisotopic (exact) mass is 433 g/mol. The molecule has 0 saturated carbocycles. The minimum Gasteiger partial charge on any atom is -0.506 e. The maximum absolute atomic E-state index is 10.1. The van der Waals surface area contributed by atoms with Crippen molar-refractivity contribution in [3.05, 3.63) is 77.1 Å². The van der Waals surface area contributed by atoms with Gasteiger partial charge in [-0.2, -0.15) is 0 Å². The number of fused-ring (bicyclic) bond motifs is 1.